The van der Waals surface area contributed by atoms with Gasteiger partial charge in [-0.05, 0) is 18.2 Å². The van der Waals surface area contributed by atoms with Crippen LogP contribution < -0.4 is 5.30 Å². The number of ether oxygens (including phenoxy) is 2. The van der Waals surface area contributed by atoms with Crippen molar-refractivity contribution in [1.29, 1.82) is 0 Å². The molecule has 4 rings (SSSR count). The lowest BCUT2D eigenvalue weighted by molar-refractivity contribution is 0.0589. The lowest BCUT2D eigenvalue weighted by Crippen LogP contribution is -2.46. The third kappa shape index (κ3) is 5.14. The molecule has 3 heterocycles. The smallest absolute Gasteiger partial charge is 0.158 e. The van der Waals surface area contributed by atoms with Gasteiger partial charge in [0, 0.05) is 50.3 Å². The van der Waals surface area contributed by atoms with Crippen molar-refractivity contribution < 1.29 is 13.9 Å². The normalized spacial score (nSPS) is 19.2. The summed E-state index contributed by atoms with van der Waals surface area (Å²) in [6.45, 7) is 6.05. The minimum Gasteiger partial charge on any atom is -0.454 e. The van der Waals surface area contributed by atoms with Crippen molar-refractivity contribution in [2.75, 3.05) is 66.7 Å². The number of nitrogens with zero attached hydrogens (tertiary/aromatic N) is 4. The van der Waals surface area contributed by atoms with Crippen LogP contribution in [0.2, 0.25) is 0 Å². The third-order valence-electron chi connectivity index (χ3n) is 5.33. The van der Waals surface area contributed by atoms with E-state index in [1.54, 1.807) is 11.2 Å². The lowest BCUT2D eigenvalue weighted by Gasteiger charge is -2.45. The van der Waals surface area contributed by atoms with Gasteiger partial charge in [-0.3, -0.25) is 9.34 Å². The zero-order valence-electron chi connectivity index (χ0n) is 17.9. The molecule has 2 fully saturated rings. The average Bonchev–Trinajstić information content (AvgIpc) is 3.23. The van der Waals surface area contributed by atoms with Gasteiger partial charge in [-0.25, -0.2) is 0 Å². The number of rotatable bonds is 6. The van der Waals surface area contributed by atoms with Crippen molar-refractivity contribution in [2.45, 2.75) is 0 Å². The molecule has 2 aliphatic heterocycles. The van der Waals surface area contributed by atoms with E-state index in [0.29, 0.717) is 26.4 Å². The first kappa shape index (κ1) is 23.1. The molecule has 0 radical (unpaired) electrons. The molecule has 7 nitrogen and oxygen atoms in total. The molecule has 10 heteroatoms. The minimum atomic E-state index is -2.30. The Morgan fingerprint density at radius 1 is 1.00 bits per heavy atom. The molecular weight excluding hydrogens is 499 g/mol. The molecule has 31 heavy (non-hydrogen) atoms. The Balaban J connectivity index is 1.83. The fourth-order valence-electron chi connectivity index (χ4n) is 3.77. The predicted octanol–water partition coefficient (Wildman–Crippen LogP) is 3.20. The fraction of sp³-hybridized carbons (Fsp3) is 0.476. The second-order valence-electron chi connectivity index (χ2n) is 7.63. The van der Waals surface area contributed by atoms with Crippen molar-refractivity contribution in [3.8, 4) is 11.3 Å². The maximum atomic E-state index is 6.57. The second kappa shape index (κ2) is 10.3. The summed E-state index contributed by atoms with van der Waals surface area (Å²) in [5, 5.41) is 7.29. The first-order valence-electron chi connectivity index (χ1n) is 10.4. The molecule has 2 saturated heterocycles. The molecule has 1 aromatic heterocycles. The van der Waals surface area contributed by atoms with E-state index in [2.05, 4.69) is 36.4 Å². The minimum absolute atomic E-state index is 0.696. The predicted molar refractivity (Wildman–Crippen MR) is 132 cm³/mol. The molecular formula is C21H28BrN4O3PS. The molecule has 0 unspecified atom stereocenters. The number of furan rings is 1. The number of halogens is 1. The Morgan fingerprint density at radius 3 is 2.06 bits per heavy atom. The molecule has 1 aromatic carbocycles. The highest BCUT2D eigenvalue weighted by Crippen LogP contribution is 2.54. The molecule has 0 aliphatic carbocycles. The van der Waals surface area contributed by atoms with Gasteiger partial charge in [-0.15, -0.1) is 0 Å². The van der Waals surface area contributed by atoms with Crippen molar-refractivity contribution >= 4 is 45.6 Å². The molecule has 2 aromatic rings. The van der Waals surface area contributed by atoms with Crippen LogP contribution in [0.3, 0.4) is 0 Å². The fourth-order valence-corrected chi connectivity index (χ4v) is 8.50. The Labute approximate surface area is 197 Å². The molecule has 0 spiro atoms. The van der Waals surface area contributed by atoms with E-state index >= 15 is 0 Å². The van der Waals surface area contributed by atoms with Gasteiger partial charge in [-0.2, -0.15) is 5.10 Å². The van der Waals surface area contributed by atoms with Crippen LogP contribution in [0, 0.1) is 0 Å². The van der Waals surface area contributed by atoms with Crippen molar-refractivity contribution in [1.82, 2.24) is 14.3 Å². The van der Waals surface area contributed by atoms with Gasteiger partial charge in [0.1, 0.15) is 12.1 Å². The van der Waals surface area contributed by atoms with E-state index in [9.17, 15) is 0 Å². The number of morpholine rings is 2. The van der Waals surface area contributed by atoms with Gasteiger partial charge < -0.3 is 18.9 Å². The van der Waals surface area contributed by atoms with Gasteiger partial charge in [0.25, 0.3) is 0 Å². The highest BCUT2D eigenvalue weighted by Gasteiger charge is 2.39. The highest BCUT2D eigenvalue weighted by atomic mass is 79.9. The maximum Gasteiger partial charge on any atom is 0.158 e. The Bertz CT molecular complexity index is 932. The topological polar surface area (TPSA) is 53.7 Å². The van der Waals surface area contributed by atoms with Gasteiger partial charge >= 0.3 is 0 Å². The summed E-state index contributed by atoms with van der Waals surface area (Å²) in [4.78, 5) is 0. The van der Waals surface area contributed by atoms with E-state index in [-0.39, 0.29) is 0 Å². The quantitative estimate of drug-likeness (QED) is 0.325. The van der Waals surface area contributed by atoms with Crippen LogP contribution in [0.25, 0.3) is 11.3 Å². The Kier molecular flexibility index (Phi) is 7.64. The SMILES string of the molecule is CN(C)/N=C/c1oc(-c2ccc(Br)cc2)cc1P(=S)(N1CCOCC1)N1CCOCC1. The molecule has 0 saturated carbocycles. The third-order valence-corrected chi connectivity index (χ3v) is 11.1. The van der Waals surface area contributed by atoms with Crippen LogP contribution >= 0.6 is 22.3 Å². The second-order valence-corrected chi connectivity index (χ2v) is 12.8. The van der Waals surface area contributed by atoms with Crippen LogP contribution in [0.5, 0.6) is 0 Å². The van der Waals surface area contributed by atoms with E-state index < -0.39 is 6.34 Å². The van der Waals surface area contributed by atoms with Crippen LogP contribution in [-0.2, 0) is 21.3 Å². The number of hydrazone groups is 1. The lowest BCUT2D eigenvalue weighted by atomic mass is 10.2. The zero-order chi connectivity index (χ0) is 21.8. The van der Waals surface area contributed by atoms with Gasteiger partial charge in [0.05, 0.1) is 37.9 Å². The highest BCUT2D eigenvalue weighted by molar-refractivity contribution is 9.10. The van der Waals surface area contributed by atoms with Crippen LogP contribution in [0.15, 0.2) is 44.3 Å². The van der Waals surface area contributed by atoms with E-state index in [1.807, 2.05) is 38.4 Å². The number of hydrogen-bond acceptors (Lipinski definition) is 6. The van der Waals surface area contributed by atoms with E-state index in [4.69, 9.17) is 25.7 Å². The van der Waals surface area contributed by atoms with Gasteiger partial charge in [-0.1, -0.05) is 39.9 Å². The van der Waals surface area contributed by atoms with Crippen LogP contribution in [0.1, 0.15) is 5.76 Å². The van der Waals surface area contributed by atoms with Gasteiger partial charge in [0.15, 0.2) is 5.76 Å². The largest absolute Gasteiger partial charge is 0.454 e. The Hall–Kier alpha value is -1.06. The Morgan fingerprint density at radius 2 is 1.55 bits per heavy atom. The summed E-state index contributed by atoms with van der Waals surface area (Å²) in [7, 11) is 3.80. The summed E-state index contributed by atoms with van der Waals surface area (Å²) in [5.41, 5.74) is 1.01. The van der Waals surface area contributed by atoms with Crippen molar-refractivity contribution in [3.63, 3.8) is 0 Å². The molecule has 0 atom stereocenters. The molecule has 2 aliphatic rings. The first-order valence-corrected chi connectivity index (χ1v) is 13.9. The van der Waals surface area contributed by atoms with Gasteiger partial charge in [0.2, 0.25) is 0 Å². The molecule has 0 amide bonds. The summed E-state index contributed by atoms with van der Waals surface area (Å²) < 4.78 is 23.5. The summed E-state index contributed by atoms with van der Waals surface area (Å²) in [6.07, 6.45) is -0.511. The molecule has 0 N–H and O–H groups in total. The maximum absolute atomic E-state index is 6.57. The monoisotopic (exact) mass is 526 g/mol. The standard InChI is InChI=1S/C21H28BrN4O3PS/c1-24(2)23-16-20-21(15-19(29-20)17-3-5-18(22)6-4-17)30(31,25-7-11-27-12-8-25)26-9-13-28-14-10-26/h3-6,15-16H,7-14H2,1-2H3/b23-16+. The van der Waals surface area contributed by atoms with Crippen molar-refractivity contribution in [2.24, 2.45) is 5.10 Å². The van der Waals surface area contributed by atoms with Crippen molar-refractivity contribution in [3.05, 3.63) is 40.6 Å². The molecule has 168 valence electrons. The zero-order valence-corrected chi connectivity index (χ0v) is 21.2. The summed E-state index contributed by atoms with van der Waals surface area (Å²) >= 11 is 10.1. The van der Waals surface area contributed by atoms with E-state index in [0.717, 1.165) is 53.0 Å². The number of benzene rings is 1. The summed E-state index contributed by atoms with van der Waals surface area (Å²) in [6, 6.07) is 10.3. The summed E-state index contributed by atoms with van der Waals surface area (Å²) in [5.74, 6) is 1.53. The first-order chi connectivity index (χ1) is 15.0. The average molecular weight is 527 g/mol. The van der Waals surface area contributed by atoms with Crippen LogP contribution in [0.4, 0.5) is 0 Å². The number of hydrogen-bond donors (Lipinski definition) is 0. The molecule has 0 bridgehead atoms. The van der Waals surface area contributed by atoms with E-state index in [1.165, 1.54) is 0 Å². The van der Waals surface area contributed by atoms with Crippen LogP contribution in [-0.4, -0.2) is 87.3 Å².